The summed E-state index contributed by atoms with van der Waals surface area (Å²) in [5.74, 6) is 0.770. The molecule has 0 aromatic heterocycles. The predicted octanol–water partition coefficient (Wildman–Crippen LogP) is 3.19. The second-order valence-electron chi connectivity index (χ2n) is 3.68. The Labute approximate surface area is 110 Å². The van der Waals surface area contributed by atoms with Crippen molar-refractivity contribution in [3.05, 3.63) is 60.2 Å². The van der Waals surface area contributed by atoms with Gasteiger partial charge in [0.2, 0.25) is 0 Å². The van der Waals surface area contributed by atoms with E-state index in [0.29, 0.717) is 6.61 Å². The topological polar surface area (TPSA) is 43.4 Å². The van der Waals surface area contributed by atoms with Crippen LogP contribution in [0, 0.1) is 0 Å². The average molecular weight is 283 g/mol. The van der Waals surface area contributed by atoms with Gasteiger partial charge in [0.25, 0.3) is 9.05 Å². The largest absolute Gasteiger partial charge is 0.489 e. The van der Waals surface area contributed by atoms with E-state index in [1.165, 1.54) is 12.1 Å². The third-order valence-electron chi connectivity index (χ3n) is 2.35. The Bertz CT molecular complexity index is 606. The van der Waals surface area contributed by atoms with E-state index in [1.54, 1.807) is 12.1 Å². The van der Waals surface area contributed by atoms with Gasteiger partial charge in [-0.25, -0.2) is 8.42 Å². The molecule has 0 aliphatic heterocycles. The molecule has 18 heavy (non-hydrogen) atoms. The molecule has 0 saturated carbocycles. The SMILES string of the molecule is O=S(=O)(Cl)c1ccc(COc2ccccc2)cc1. The summed E-state index contributed by atoms with van der Waals surface area (Å²) in [7, 11) is 1.57. The lowest BCUT2D eigenvalue weighted by molar-refractivity contribution is 0.306. The number of hydrogen-bond acceptors (Lipinski definition) is 3. The Morgan fingerprint density at radius 2 is 1.56 bits per heavy atom. The first kappa shape index (κ1) is 12.9. The van der Waals surface area contributed by atoms with Gasteiger partial charge in [-0.3, -0.25) is 0 Å². The van der Waals surface area contributed by atoms with Crippen LogP contribution in [0.4, 0.5) is 0 Å². The van der Waals surface area contributed by atoms with Crippen LogP contribution in [0.1, 0.15) is 5.56 Å². The van der Waals surface area contributed by atoms with Gasteiger partial charge >= 0.3 is 0 Å². The summed E-state index contributed by atoms with van der Waals surface area (Å²) >= 11 is 0. The Morgan fingerprint density at radius 3 is 2.11 bits per heavy atom. The third-order valence-corrected chi connectivity index (χ3v) is 3.72. The van der Waals surface area contributed by atoms with Gasteiger partial charge in [0, 0.05) is 10.7 Å². The van der Waals surface area contributed by atoms with E-state index in [1.807, 2.05) is 30.3 Å². The minimum absolute atomic E-state index is 0.0904. The number of ether oxygens (including phenoxy) is 1. The second kappa shape index (κ2) is 5.42. The molecule has 0 aliphatic rings. The third kappa shape index (κ3) is 3.48. The van der Waals surface area contributed by atoms with Gasteiger partial charge in [-0.1, -0.05) is 30.3 Å². The molecule has 0 unspecified atom stereocenters. The molecule has 0 spiro atoms. The van der Waals surface area contributed by atoms with Crippen LogP contribution in [0.3, 0.4) is 0 Å². The highest BCUT2D eigenvalue weighted by Crippen LogP contribution is 2.16. The number of benzene rings is 2. The van der Waals surface area contributed by atoms with Crippen molar-refractivity contribution in [1.29, 1.82) is 0 Å². The highest BCUT2D eigenvalue weighted by atomic mass is 35.7. The fraction of sp³-hybridized carbons (Fsp3) is 0.0769. The van der Waals surface area contributed by atoms with Gasteiger partial charge in [-0.2, -0.15) is 0 Å². The minimum atomic E-state index is -3.66. The fourth-order valence-corrected chi connectivity index (χ4v) is 2.20. The number of hydrogen-bond donors (Lipinski definition) is 0. The summed E-state index contributed by atoms with van der Waals surface area (Å²) in [4.78, 5) is 0.0904. The lowest BCUT2D eigenvalue weighted by atomic mass is 10.2. The molecule has 5 heteroatoms. The van der Waals surface area contributed by atoms with Gasteiger partial charge in [0.15, 0.2) is 0 Å². The van der Waals surface area contributed by atoms with Gasteiger partial charge in [0.1, 0.15) is 12.4 Å². The second-order valence-corrected chi connectivity index (χ2v) is 6.25. The monoisotopic (exact) mass is 282 g/mol. The van der Waals surface area contributed by atoms with Gasteiger partial charge < -0.3 is 4.74 Å². The van der Waals surface area contributed by atoms with Gasteiger partial charge in [0.05, 0.1) is 4.90 Å². The van der Waals surface area contributed by atoms with Gasteiger partial charge in [-0.05, 0) is 29.8 Å². The number of halogens is 1. The molecular weight excluding hydrogens is 272 g/mol. The summed E-state index contributed by atoms with van der Waals surface area (Å²) in [5.41, 5.74) is 0.878. The summed E-state index contributed by atoms with van der Waals surface area (Å²) in [6.45, 7) is 0.382. The molecule has 0 saturated heterocycles. The van der Waals surface area contributed by atoms with Crippen molar-refractivity contribution >= 4 is 19.7 Å². The normalized spacial score (nSPS) is 11.2. The molecule has 0 radical (unpaired) electrons. The quantitative estimate of drug-likeness (QED) is 0.809. The van der Waals surface area contributed by atoms with Crippen molar-refractivity contribution in [2.45, 2.75) is 11.5 Å². The molecular formula is C13H11ClO3S. The van der Waals surface area contributed by atoms with Crippen LogP contribution in [-0.4, -0.2) is 8.42 Å². The molecule has 0 fully saturated rings. The van der Waals surface area contributed by atoms with Crippen molar-refractivity contribution in [3.63, 3.8) is 0 Å². The molecule has 0 N–H and O–H groups in total. The van der Waals surface area contributed by atoms with E-state index >= 15 is 0 Å². The zero-order valence-electron chi connectivity index (χ0n) is 9.41. The molecule has 94 valence electrons. The van der Waals surface area contributed by atoms with Crippen LogP contribution < -0.4 is 4.74 Å². The predicted molar refractivity (Wildman–Crippen MR) is 70.3 cm³/mol. The Hall–Kier alpha value is -1.52. The van der Waals surface area contributed by atoms with Crippen LogP contribution in [0.15, 0.2) is 59.5 Å². The highest BCUT2D eigenvalue weighted by Gasteiger charge is 2.08. The molecule has 0 bridgehead atoms. The summed E-state index contributed by atoms with van der Waals surface area (Å²) in [5, 5.41) is 0. The Kier molecular flexibility index (Phi) is 3.89. The molecule has 0 amide bonds. The van der Waals surface area contributed by atoms with Crippen LogP contribution >= 0.6 is 10.7 Å². The molecule has 0 heterocycles. The first-order valence-electron chi connectivity index (χ1n) is 5.27. The molecule has 2 rings (SSSR count). The average Bonchev–Trinajstić information content (AvgIpc) is 2.37. The number of rotatable bonds is 4. The maximum absolute atomic E-state index is 11.1. The zero-order valence-corrected chi connectivity index (χ0v) is 11.0. The molecule has 3 nitrogen and oxygen atoms in total. The molecule has 0 atom stereocenters. The van der Waals surface area contributed by atoms with Crippen molar-refractivity contribution < 1.29 is 13.2 Å². The maximum atomic E-state index is 11.1. The van der Waals surface area contributed by atoms with E-state index in [-0.39, 0.29) is 4.90 Å². The number of para-hydroxylation sites is 1. The van der Waals surface area contributed by atoms with E-state index in [2.05, 4.69) is 0 Å². The van der Waals surface area contributed by atoms with Crippen molar-refractivity contribution in [2.75, 3.05) is 0 Å². The standard InChI is InChI=1S/C13H11ClO3S/c14-18(15,16)13-8-6-11(7-9-13)10-17-12-4-2-1-3-5-12/h1-9H,10H2. The van der Waals surface area contributed by atoms with Crippen molar-refractivity contribution in [3.8, 4) is 5.75 Å². The fourth-order valence-electron chi connectivity index (χ4n) is 1.43. The zero-order chi connectivity index (χ0) is 13.0. The minimum Gasteiger partial charge on any atom is -0.489 e. The van der Waals surface area contributed by atoms with Crippen molar-refractivity contribution in [2.24, 2.45) is 0 Å². The van der Waals surface area contributed by atoms with E-state index < -0.39 is 9.05 Å². The molecule has 0 aliphatic carbocycles. The highest BCUT2D eigenvalue weighted by molar-refractivity contribution is 8.13. The summed E-state index contributed by atoms with van der Waals surface area (Å²) < 4.78 is 27.7. The molecule has 2 aromatic carbocycles. The smallest absolute Gasteiger partial charge is 0.261 e. The van der Waals surface area contributed by atoms with Crippen molar-refractivity contribution in [1.82, 2.24) is 0 Å². The van der Waals surface area contributed by atoms with Crippen LogP contribution in [0.5, 0.6) is 5.75 Å². The van der Waals surface area contributed by atoms with Crippen LogP contribution in [0.25, 0.3) is 0 Å². The lowest BCUT2D eigenvalue weighted by Gasteiger charge is -2.06. The summed E-state index contributed by atoms with van der Waals surface area (Å²) in [6, 6.07) is 15.7. The Morgan fingerprint density at radius 1 is 0.944 bits per heavy atom. The maximum Gasteiger partial charge on any atom is 0.261 e. The first-order valence-corrected chi connectivity index (χ1v) is 7.58. The summed E-state index contributed by atoms with van der Waals surface area (Å²) in [6.07, 6.45) is 0. The van der Waals surface area contributed by atoms with E-state index in [9.17, 15) is 8.42 Å². The van der Waals surface area contributed by atoms with Crippen LogP contribution in [0.2, 0.25) is 0 Å². The molecule has 2 aromatic rings. The van der Waals surface area contributed by atoms with E-state index in [0.717, 1.165) is 11.3 Å². The Balaban J connectivity index is 2.03. The first-order chi connectivity index (χ1) is 8.55. The van der Waals surface area contributed by atoms with E-state index in [4.69, 9.17) is 15.4 Å². The van der Waals surface area contributed by atoms with Crippen LogP contribution in [-0.2, 0) is 15.7 Å². The lowest BCUT2D eigenvalue weighted by Crippen LogP contribution is -1.96. The van der Waals surface area contributed by atoms with Gasteiger partial charge in [-0.15, -0.1) is 0 Å².